The minimum Gasteiger partial charge on any atom is -0.497 e. The zero-order chi connectivity index (χ0) is 29.0. The van der Waals surface area contributed by atoms with E-state index in [1.807, 2.05) is 12.1 Å². The van der Waals surface area contributed by atoms with Gasteiger partial charge in [0.15, 0.2) is 12.4 Å². The second-order valence-corrected chi connectivity index (χ2v) is 11.2. The number of carbonyl (C=O) groups is 4. The van der Waals surface area contributed by atoms with Crippen LogP contribution in [0.1, 0.15) is 40.0 Å². The molecule has 1 saturated heterocycles. The fourth-order valence-electron chi connectivity index (χ4n) is 7.03. The van der Waals surface area contributed by atoms with Crippen LogP contribution < -0.4 is 9.64 Å². The molecule has 0 radical (unpaired) electrons. The van der Waals surface area contributed by atoms with Crippen LogP contribution in [-0.4, -0.2) is 42.3 Å². The van der Waals surface area contributed by atoms with Crippen molar-refractivity contribution in [2.24, 2.45) is 23.7 Å². The van der Waals surface area contributed by atoms with Crippen molar-refractivity contribution in [3.05, 3.63) is 90.0 Å². The van der Waals surface area contributed by atoms with Gasteiger partial charge in [-0.15, -0.1) is 0 Å². The topological polar surface area (TPSA) is 103 Å². The average Bonchev–Trinajstić information content (AvgIpc) is 3.72. The molecule has 2 bridgehead atoms. The molecule has 3 aromatic carbocycles. The molecule has 1 aliphatic heterocycles. The van der Waals surface area contributed by atoms with Gasteiger partial charge in [0.1, 0.15) is 5.75 Å². The van der Waals surface area contributed by atoms with Crippen LogP contribution in [0.15, 0.2) is 78.9 Å². The number of hydrogen-bond acceptors (Lipinski definition) is 7. The molecule has 1 aromatic heterocycles. The molecule has 8 heteroatoms. The van der Waals surface area contributed by atoms with Crippen LogP contribution in [0, 0.1) is 23.7 Å². The minimum atomic E-state index is -0.642. The summed E-state index contributed by atoms with van der Waals surface area (Å²) in [6, 6.07) is 22.7. The molecule has 2 saturated carbocycles. The fraction of sp³-hybridized carbons (Fsp3) is 0.265. The maximum atomic E-state index is 13.3. The highest BCUT2D eigenvalue weighted by atomic mass is 16.5. The zero-order valence-corrected chi connectivity index (χ0v) is 23.0. The van der Waals surface area contributed by atoms with E-state index in [0.29, 0.717) is 51.0 Å². The molecule has 7 rings (SSSR count). The van der Waals surface area contributed by atoms with Gasteiger partial charge in [-0.3, -0.25) is 19.3 Å². The smallest absolute Gasteiger partial charge is 0.339 e. The lowest BCUT2D eigenvalue weighted by molar-refractivity contribution is -0.123. The number of ether oxygens (including phenoxy) is 2. The fourth-order valence-corrected chi connectivity index (χ4v) is 7.03. The summed E-state index contributed by atoms with van der Waals surface area (Å²) in [6.07, 6.45) is 3.06. The Bertz CT molecular complexity index is 1740. The summed E-state index contributed by atoms with van der Waals surface area (Å²) in [4.78, 5) is 58.6. The standard InChI is InChI=1S/C34H28N2O6/c1-41-24-6-4-5-20(16-24)29(37)18-42-34(40)26-17-28(35-27-8-3-2-7-25(26)27)19-11-13-23(14-12-19)36-32(38)30-21-9-10-22(15-21)31(30)33(36)39/h2-8,11-14,16-17,21-22,30-31H,9-10,15,18H2,1H3/t21-,22-,30+,31+/m0/s1. The summed E-state index contributed by atoms with van der Waals surface area (Å²) >= 11 is 0. The summed E-state index contributed by atoms with van der Waals surface area (Å²) in [5, 5.41) is 0.603. The third kappa shape index (κ3) is 4.26. The largest absolute Gasteiger partial charge is 0.497 e. The second kappa shape index (κ2) is 10.2. The number of anilines is 1. The number of carbonyl (C=O) groups excluding carboxylic acids is 4. The number of nitrogens with zero attached hydrogens (tertiary/aromatic N) is 2. The molecule has 0 N–H and O–H groups in total. The van der Waals surface area contributed by atoms with Crippen LogP contribution in [0.25, 0.3) is 22.2 Å². The molecule has 210 valence electrons. The van der Waals surface area contributed by atoms with Crippen LogP contribution in [0.2, 0.25) is 0 Å². The molecule has 8 nitrogen and oxygen atoms in total. The molecule has 4 aromatic rings. The third-order valence-electron chi connectivity index (χ3n) is 9.01. The number of amides is 2. The summed E-state index contributed by atoms with van der Waals surface area (Å²) in [5.74, 6) is -0.319. The van der Waals surface area contributed by atoms with Crippen LogP contribution in [0.3, 0.4) is 0 Å². The highest BCUT2D eigenvalue weighted by molar-refractivity contribution is 6.22. The van der Waals surface area contributed by atoms with Crippen molar-refractivity contribution in [1.82, 2.24) is 4.98 Å². The first-order chi connectivity index (χ1) is 20.4. The Morgan fingerprint density at radius 1 is 0.881 bits per heavy atom. The highest BCUT2D eigenvalue weighted by Gasteiger charge is 2.61. The van der Waals surface area contributed by atoms with E-state index < -0.39 is 12.6 Å². The number of aromatic nitrogens is 1. The third-order valence-corrected chi connectivity index (χ3v) is 9.01. The van der Waals surface area contributed by atoms with E-state index in [1.54, 1.807) is 66.7 Å². The number of hydrogen-bond donors (Lipinski definition) is 0. The molecule has 0 spiro atoms. The predicted octanol–water partition coefficient (Wildman–Crippen LogP) is 5.49. The number of methoxy groups -OCH3 is 1. The van der Waals surface area contributed by atoms with Gasteiger partial charge in [-0.25, -0.2) is 9.78 Å². The van der Waals surface area contributed by atoms with Crippen LogP contribution >= 0.6 is 0 Å². The molecular weight excluding hydrogens is 532 g/mol. The van der Waals surface area contributed by atoms with Crippen LogP contribution in [-0.2, 0) is 14.3 Å². The van der Waals surface area contributed by atoms with Crippen molar-refractivity contribution >= 4 is 40.2 Å². The van der Waals surface area contributed by atoms with E-state index in [-0.39, 0.29) is 35.0 Å². The van der Waals surface area contributed by atoms with Crippen molar-refractivity contribution < 1.29 is 28.7 Å². The van der Waals surface area contributed by atoms with E-state index >= 15 is 0 Å². The molecule has 4 atom stereocenters. The lowest BCUT2D eigenvalue weighted by atomic mass is 9.81. The number of para-hydroxylation sites is 1. The van der Waals surface area contributed by atoms with Gasteiger partial charge in [-0.1, -0.05) is 42.5 Å². The summed E-state index contributed by atoms with van der Waals surface area (Å²) in [7, 11) is 1.52. The van der Waals surface area contributed by atoms with Crippen LogP contribution in [0.5, 0.6) is 5.75 Å². The lowest BCUT2D eigenvalue weighted by Gasteiger charge is -2.19. The Hall–Kier alpha value is -4.85. The SMILES string of the molecule is COc1cccc(C(=O)COC(=O)c2cc(-c3ccc(N4C(=O)[C@@H]5[C@H]6CC[C@@H](C6)[C@H]5C4=O)cc3)nc3ccccc23)c1. The van der Waals surface area contributed by atoms with Gasteiger partial charge in [-0.2, -0.15) is 0 Å². The van der Waals surface area contributed by atoms with Crippen molar-refractivity contribution in [1.29, 1.82) is 0 Å². The van der Waals surface area contributed by atoms with Gasteiger partial charge in [0.2, 0.25) is 11.8 Å². The number of pyridine rings is 1. The number of benzene rings is 3. The molecule has 2 aliphatic carbocycles. The van der Waals surface area contributed by atoms with E-state index in [4.69, 9.17) is 14.5 Å². The minimum absolute atomic E-state index is 0.0812. The molecule has 42 heavy (non-hydrogen) atoms. The van der Waals surface area contributed by atoms with Crippen molar-refractivity contribution in [2.45, 2.75) is 19.3 Å². The number of fused-ring (bicyclic) bond motifs is 6. The van der Waals surface area contributed by atoms with Gasteiger partial charge in [0, 0.05) is 16.5 Å². The van der Waals surface area contributed by atoms with Crippen molar-refractivity contribution in [3.8, 4) is 17.0 Å². The Balaban J connectivity index is 1.14. The highest BCUT2D eigenvalue weighted by Crippen LogP contribution is 2.56. The van der Waals surface area contributed by atoms with Gasteiger partial charge in [0.25, 0.3) is 0 Å². The number of Topliss-reactive ketones (excluding diaryl/α,β-unsaturated/α-hetero) is 1. The number of rotatable bonds is 7. The van der Waals surface area contributed by atoms with E-state index in [2.05, 4.69) is 0 Å². The molecule has 3 fully saturated rings. The Kier molecular flexibility index (Phi) is 6.34. The molecular formula is C34H28N2O6. The zero-order valence-electron chi connectivity index (χ0n) is 23.0. The molecule has 0 unspecified atom stereocenters. The Morgan fingerprint density at radius 3 is 2.31 bits per heavy atom. The molecule has 3 aliphatic rings. The maximum absolute atomic E-state index is 13.3. The summed E-state index contributed by atoms with van der Waals surface area (Å²) in [6.45, 7) is -0.422. The summed E-state index contributed by atoms with van der Waals surface area (Å²) < 4.78 is 10.6. The van der Waals surface area contributed by atoms with Gasteiger partial charge >= 0.3 is 5.97 Å². The molecule has 2 amide bonds. The summed E-state index contributed by atoms with van der Waals surface area (Å²) in [5.41, 5.74) is 3.06. The number of ketones is 1. The second-order valence-electron chi connectivity index (χ2n) is 11.2. The first-order valence-electron chi connectivity index (χ1n) is 14.2. The van der Waals surface area contributed by atoms with Gasteiger partial charge < -0.3 is 9.47 Å². The predicted molar refractivity (Wildman–Crippen MR) is 155 cm³/mol. The monoisotopic (exact) mass is 560 g/mol. The van der Waals surface area contributed by atoms with E-state index in [9.17, 15) is 19.2 Å². The van der Waals surface area contributed by atoms with Crippen molar-refractivity contribution in [2.75, 3.05) is 18.6 Å². The van der Waals surface area contributed by atoms with E-state index in [0.717, 1.165) is 19.3 Å². The quantitative estimate of drug-likeness (QED) is 0.167. The normalized spacial score (nSPS) is 22.5. The average molecular weight is 561 g/mol. The van der Waals surface area contributed by atoms with Gasteiger partial charge in [0.05, 0.1) is 41.4 Å². The maximum Gasteiger partial charge on any atom is 0.339 e. The Morgan fingerprint density at radius 2 is 1.60 bits per heavy atom. The lowest BCUT2D eigenvalue weighted by Crippen LogP contribution is -2.32. The molecule has 2 heterocycles. The van der Waals surface area contributed by atoms with E-state index in [1.165, 1.54) is 12.0 Å². The number of imide groups is 1. The first kappa shape index (κ1) is 26.1. The first-order valence-corrected chi connectivity index (χ1v) is 14.2. The van der Waals surface area contributed by atoms with Gasteiger partial charge in [-0.05, 0) is 67.5 Å². The number of esters is 1. The van der Waals surface area contributed by atoms with Crippen LogP contribution in [0.4, 0.5) is 5.69 Å². The Labute approximate surface area is 242 Å². The van der Waals surface area contributed by atoms with Crippen molar-refractivity contribution in [3.63, 3.8) is 0 Å².